The summed E-state index contributed by atoms with van der Waals surface area (Å²) in [4.78, 5) is 14.4. The lowest BCUT2D eigenvalue weighted by Gasteiger charge is -2.32. The summed E-state index contributed by atoms with van der Waals surface area (Å²) in [6, 6.07) is 14.4. The fourth-order valence-electron chi connectivity index (χ4n) is 4.16. The molecule has 0 aliphatic carbocycles. The summed E-state index contributed by atoms with van der Waals surface area (Å²) in [5, 5.41) is -0.621. The van der Waals surface area contributed by atoms with Gasteiger partial charge in [-0.3, -0.25) is 4.79 Å². The summed E-state index contributed by atoms with van der Waals surface area (Å²) in [5.74, 6) is -0.414. The average Bonchev–Trinajstić information content (AvgIpc) is 2.77. The summed E-state index contributed by atoms with van der Waals surface area (Å²) < 4.78 is 33.1. The molecule has 0 N–H and O–H groups in total. The van der Waals surface area contributed by atoms with E-state index in [0.717, 1.165) is 12.0 Å². The van der Waals surface area contributed by atoms with Crippen molar-refractivity contribution >= 4 is 27.8 Å². The smallest absolute Gasteiger partial charge is 0.309 e. The molecule has 0 radical (unpaired) electrons. The lowest BCUT2D eigenvalue weighted by atomic mass is 9.98. The maximum Gasteiger partial charge on any atom is 0.309 e. The highest BCUT2D eigenvalue weighted by Crippen LogP contribution is 2.41. The van der Waals surface area contributed by atoms with Crippen LogP contribution in [-0.2, 0) is 26.0 Å². The molecule has 0 saturated carbocycles. The lowest BCUT2D eigenvalue weighted by Crippen LogP contribution is -2.42. The molecule has 1 saturated heterocycles. The molecule has 1 fully saturated rings. The molecule has 2 aromatic carbocycles. The van der Waals surface area contributed by atoms with E-state index in [0.29, 0.717) is 32.5 Å². The molecule has 2 aliphatic heterocycles. The van der Waals surface area contributed by atoms with Crippen LogP contribution in [0.25, 0.3) is 0 Å². The van der Waals surface area contributed by atoms with Crippen molar-refractivity contribution < 1.29 is 17.9 Å². The van der Waals surface area contributed by atoms with Gasteiger partial charge in [0.15, 0.2) is 0 Å². The Kier molecular flexibility index (Phi) is 6.23. The molecule has 2 aromatic rings. The van der Waals surface area contributed by atoms with Crippen molar-refractivity contribution in [2.45, 2.75) is 48.2 Å². The molecule has 2 heterocycles. The Morgan fingerprint density at radius 3 is 2.57 bits per heavy atom. The van der Waals surface area contributed by atoms with Crippen LogP contribution in [0.3, 0.4) is 0 Å². The molecule has 1 unspecified atom stereocenters. The largest absolute Gasteiger partial charge is 0.466 e. The number of ether oxygens (including phenoxy) is 1. The Morgan fingerprint density at radius 1 is 1.13 bits per heavy atom. The second-order valence-corrected chi connectivity index (χ2v) is 11.2. The molecular weight excluding hydrogens is 418 g/mol. The highest BCUT2D eigenvalue weighted by Gasteiger charge is 2.35. The topological polar surface area (TPSA) is 63.7 Å². The SMILES string of the molecule is CCOC(=O)C1CCN(S(=O)(=O)C(C)c2ccc3c(c2)Cc2ccccc2S3)CC1. The zero-order valence-electron chi connectivity index (χ0n) is 17.3. The van der Waals surface area contributed by atoms with Crippen molar-refractivity contribution in [1.82, 2.24) is 4.31 Å². The number of piperidine rings is 1. The van der Waals surface area contributed by atoms with Crippen LogP contribution in [0.2, 0.25) is 0 Å². The number of sulfonamides is 1. The minimum atomic E-state index is -3.49. The Hall–Kier alpha value is -1.83. The van der Waals surface area contributed by atoms with E-state index in [2.05, 4.69) is 12.1 Å². The predicted octanol–water partition coefficient (Wildman–Crippen LogP) is 4.41. The van der Waals surface area contributed by atoms with Crippen molar-refractivity contribution in [1.29, 1.82) is 0 Å². The first-order valence-corrected chi connectivity index (χ1v) is 12.8. The molecule has 160 valence electrons. The maximum absolute atomic E-state index is 13.3. The van der Waals surface area contributed by atoms with E-state index >= 15 is 0 Å². The minimum Gasteiger partial charge on any atom is -0.466 e. The second-order valence-electron chi connectivity index (χ2n) is 7.87. The van der Waals surface area contributed by atoms with Crippen LogP contribution in [0, 0.1) is 5.92 Å². The van der Waals surface area contributed by atoms with Gasteiger partial charge in [0.1, 0.15) is 0 Å². The van der Waals surface area contributed by atoms with Crippen LogP contribution in [-0.4, -0.2) is 38.4 Å². The molecule has 30 heavy (non-hydrogen) atoms. The van der Waals surface area contributed by atoms with E-state index in [-0.39, 0.29) is 11.9 Å². The number of benzene rings is 2. The molecule has 4 rings (SSSR count). The molecule has 0 bridgehead atoms. The van der Waals surface area contributed by atoms with Gasteiger partial charge in [-0.25, -0.2) is 12.7 Å². The first-order chi connectivity index (χ1) is 14.4. The van der Waals surface area contributed by atoms with Crippen LogP contribution >= 0.6 is 11.8 Å². The number of hydrogen-bond donors (Lipinski definition) is 0. The summed E-state index contributed by atoms with van der Waals surface area (Å²) in [5.41, 5.74) is 3.28. The standard InChI is InChI=1S/C23H27NO4S2/c1-3-28-23(25)17-10-12-24(13-11-17)30(26,27)16(2)18-8-9-22-20(14-18)15-19-6-4-5-7-21(19)29-22/h4-9,14,16-17H,3,10-13,15H2,1-2H3. The fraction of sp³-hybridized carbons (Fsp3) is 0.435. The van der Waals surface area contributed by atoms with E-state index in [1.165, 1.54) is 25.2 Å². The van der Waals surface area contributed by atoms with Crippen LogP contribution in [0.4, 0.5) is 0 Å². The number of carbonyl (C=O) groups is 1. The van der Waals surface area contributed by atoms with Crippen molar-refractivity contribution in [3.63, 3.8) is 0 Å². The molecule has 0 amide bonds. The monoisotopic (exact) mass is 445 g/mol. The van der Waals surface area contributed by atoms with Gasteiger partial charge in [0.25, 0.3) is 0 Å². The molecule has 7 heteroatoms. The van der Waals surface area contributed by atoms with Gasteiger partial charge in [0, 0.05) is 22.9 Å². The first kappa shape index (κ1) is 21.4. The average molecular weight is 446 g/mol. The number of esters is 1. The highest BCUT2D eigenvalue weighted by atomic mass is 32.2. The summed E-state index contributed by atoms with van der Waals surface area (Å²) >= 11 is 1.74. The molecule has 5 nitrogen and oxygen atoms in total. The van der Waals surface area contributed by atoms with Gasteiger partial charge in [0.2, 0.25) is 10.0 Å². The minimum absolute atomic E-state index is 0.201. The van der Waals surface area contributed by atoms with Crippen molar-refractivity contribution in [2.75, 3.05) is 19.7 Å². The van der Waals surface area contributed by atoms with Gasteiger partial charge in [-0.1, -0.05) is 42.1 Å². The lowest BCUT2D eigenvalue weighted by molar-refractivity contribution is -0.149. The van der Waals surface area contributed by atoms with Gasteiger partial charge in [0.05, 0.1) is 17.8 Å². The zero-order chi connectivity index (χ0) is 21.3. The van der Waals surface area contributed by atoms with Gasteiger partial charge in [-0.2, -0.15) is 0 Å². The Balaban J connectivity index is 1.48. The zero-order valence-corrected chi connectivity index (χ0v) is 19.0. The first-order valence-electron chi connectivity index (χ1n) is 10.4. The van der Waals surface area contributed by atoms with Crippen molar-refractivity contribution in [3.05, 3.63) is 59.2 Å². The third kappa shape index (κ3) is 4.15. The summed E-state index contributed by atoms with van der Waals surface area (Å²) in [6.07, 6.45) is 1.86. The van der Waals surface area contributed by atoms with Crippen LogP contribution < -0.4 is 0 Å². The highest BCUT2D eigenvalue weighted by molar-refractivity contribution is 7.99. The second kappa shape index (κ2) is 8.73. The fourth-order valence-corrected chi connectivity index (χ4v) is 6.88. The van der Waals surface area contributed by atoms with Crippen molar-refractivity contribution in [2.24, 2.45) is 5.92 Å². The van der Waals surface area contributed by atoms with E-state index in [9.17, 15) is 13.2 Å². The Labute approximate surface area is 182 Å². The van der Waals surface area contributed by atoms with Crippen LogP contribution in [0.15, 0.2) is 52.3 Å². The summed E-state index contributed by atoms with van der Waals surface area (Å²) in [7, 11) is -3.49. The molecule has 2 aliphatic rings. The Morgan fingerprint density at radius 2 is 1.83 bits per heavy atom. The summed E-state index contributed by atoms with van der Waals surface area (Å²) in [6.45, 7) is 4.64. The predicted molar refractivity (Wildman–Crippen MR) is 118 cm³/mol. The Bertz CT molecular complexity index is 1040. The number of nitrogens with zero attached hydrogens (tertiary/aromatic N) is 1. The van der Waals surface area contributed by atoms with E-state index < -0.39 is 15.3 Å². The number of rotatable bonds is 5. The molecule has 1 atom stereocenters. The van der Waals surface area contributed by atoms with Gasteiger partial charge >= 0.3 is 5.97 Å². The van der Waals surface area contributed by atoms with E-state index in [4.69, 9.17) is 4.74 Å². The van der Waals surface area contributed by atoms with Crippen LogP contribution in [0.5, 0.6) is 0 Å². The normalized spacial score (nSPS) is 18.3. The number of fused-ring (bicyclic) bond motifs is 2. The maximum atomic E-state index is 13.3. The molecular formula is C23H27NO4S2. The number of hydrogen-bond acceptors (Lipinski definition) is 5. The van der Waals surface area contributed by atoms with Crippen LogP contribution in [0.1, 0.15) is 48.6 Å². The van der Waals surface area contributed by atoms with E-state index in [1.54, 1.807) is 25.6 Å². The van der Waals surface area contributed by atoms with Gasteiger partial charge in [-0.15, -0.1) is 0 Å². The van der Waals surface area contributed by atoms with Gasteiger partial charge in [-0.05, 0) is 61.9 Å². The quantitative estimate of drug-likeness (QED) is 0.545. The number of carbonyl (C=O) groups excluding carboxylic acids is 1. The third-order valence-corrected chi connectivity index (χ3v) is 9.49. The van der Waals surface area contributed by atoms with Crippen molar-refractivity contribution in [3.8, 4) is 0 Å². The van der Waals surface area contributed by atoms with E-state index in [1.807, 2.05) is 30.3 Å². The third-order valence-electron chi connectivity index (χ3n) is 6.01. The van der Waals surface area contributed by atoms with Gasteiger partial charge < -0.3 is 4.74 Å². The molecule has 0 spiro atoms. The molecule has 0 aromatic heterocycles.